The average Bonchev–Trinajstić information content (AvgIpc) is 2.94. The van der Waals surface area contributed by atoms with E-state index in [1.807, 2.05) is 54.6 Å². The van der Waals surface area contributed by atoms with E-state index < -0.39 is 0 Å². The molecular weight excluding hydrogens is 446 g/mol. The molecule has 0 N–H and O–H groups in total. The lowest BCUT2D eigenvalue weighted by atomic mass is 10.1. The maximum atomic E-state index is 5.93. The standard InChI is InChI=1S/C31H29N3O2/c1-4-19-34(20-5-1)21-23-36-31-16-12-29(13-17-31)33-32-28-10-14-30(15-11-28)35-22-18-25-8-9-26-6-2-3-7-27(26)24-25/h1-17,19,24H,18,20-23H2. The van der Waals surface area contributed by atoms with Gasteiger partial charge in [0.2, 0.25) is 0 Å². The second-order valence-corrected chi connectivity index (χ2v) is 8.58. The van der Waals surface area contributed by atoms with Crippen LogP contribution in [0.2, 0.25) is 0 Å². The van der Waals surface area contributed by atoms with Crippen molar-refractivity contribution in [1.29, 1.82) is 0 Å². The van der Waals surface area contributed by atoms with E-state index in [9.17, 15) is 0 Å². The minimum atomic E-state index is 0.624. The van der Waals surface area contributed by atoms with Crippen LogP contribution in [0, 0.1) is 0 Å². The molecule has 0 unspecified atom stereocenters. The fourth-order valence-electron chi connectivity index (χ4n) is 3.97. The Labute approximate surface area is 212 Å². The molecule has 0 atom stereocenters. The van der Waals surface area contributed by atoms with Crippen molar-refractivity contribution >= 4 is 22.1 Å². The molecule has 180 valence electrons. The molecule has 5 heteroatoms. The highest BCUT2D eigenvalue weighted by Gasteiger charge is 2.02. The molecule has 0 radical (unpaired) electrons. The third kappa shape index (κ3) is 6.60. The topological polar surface area (TPSA) is 46.4 Å². The number of ether oxygens (including phenoxy) is 2. The van der Waals surface area contributed by atoms with Crippen LogP contribution in [0.4, 0.5) is 11.4 Å². The number of fused-ring (bicyclic) bond motifs is 1. The predicted octanol–water partition coefficient (Wildman–Crippen LogP) is 7.64. The first-order valence-corrected chi connectivity index (χ1v) is 12.2. The molecule has 0 saturated carbocycles. The highest BCUT2D eigenvalue weighted by Crippen LogP contribution is 2.23. The van der Waals surface area contributed by atoms with Crippen LogP contribution in [0.15, 0.2) is 126 Å². The van der Waals surface area contributed by atoms with Crippen molar-refractivity contribution in [3.8, 4) is 11.5 Å². The number of azo groups is 1. The van der Waals surface area contributed by atoms with E-state index in [-0.39, 0.29) is 0 Å². The van der Waals surface area contributed by atoms with Gasteiger partial charge in [0.05, 0.1) is 24.5 Å². The molecule has 4 aromatic carbocycles. The Morgan fingerprint density at radius 3 is 2.00 bits per heavy atom. The number of benzene rings is 4. The minimum Gasteiger partial charge on any atom is -0.493 e. The van der Waals surface area contributed by atoms with Gasteiger partial charge in [-0.3, -0.25) is 0 Å². The van der Waals surface area contributed by atoms with E-state index in [1.165, 1.54) is 16.3 Å². The molecule has 0 fully saturated rings. The predicted molar refractivity (Wildman–Crippen MR) is 146 cm³/mol. The van der Waals surface area contributed by atoms with Gasteiger partial charge in [-0.1, -0.05) is 54.6 Å². The quantitative estimate of drug-likeness (QED) is 0.221. The Morgan fingerprint density at radius 1 is 0.667 bits per heavy atom. The van der Waals surface area contributed by atoms with Gasteiger partial charge in [0.15, 0.2) is 0 Å². The lowest BCUT2D eigenvalue weighted by molar-refractivity contribution is 0.263. The molecule has 1 aliphatic heterocycles. The molecule has 0 bridgehead atoms. The normalized spacial score (nSPS) is 12.9. The summed E-state index contributed by atoms with van der Waals surface area (Å²) >= 11 is 0. The van der Waals surface area contributed by atoms with Crippen molar-refractivity contribution in [1.82, 2.24) is 4.90 Å². The van der Waals surface area contributed by atoms with Crippen molar-refractivity contribution < 1.29 is 9.47 Å². The van der Waals surface area contributed by atoms with E-state index in [0.717, 1.165) is 42.4 Å². The second-order valence-electron chi connectivity index (χ2n) is 8.58. The average molecular weight is 476 g/mol. The van der Waals surface area contributed by atoms with Crippen LogP contribution in [0.25, 0.3) is 10.8 Å². The fraction of sp³-hybridized carbons (Fsp3) is 0.161. The maximum absolute atomic E-state index is 5.93. The zero-order valence-corrected chi connectivity index (χ0v) is 20.2. The number of allylic oxidation sites excluding steroid dienone is 2. The first kappa shape index (κ1) is 23.4. The summed E-state index contributed by atoms with van der Waals surface area (Å²) in [5.41, 5.74) is 2.83. The molecule has 4 aromatic rings. The zero-order chi connectivity index (χ0) is 24.4. The SMILES string of the molecule is C1=CCN(CCOc2ccc(N=Nc3ccc(OCCc4ccc5ccccc5c4)cc3)cc2)C=C1. The van der Waals surface area contributed by atoms with Gasteiger partial charge in [-0.15, -0.1) is 0 Å². The molecule has 5 rings (SSSR count). The Kier molecular flexibility index (Phi) is 7.69. The number of hydrogen-bond acceptors (Lipinski definition) is 5. The molecule has 1 aliphatic rings. The van der Waals surface area contributed by atoms with Crippen LogP contribution < -0.4 is 9.47 Å². The summed E-state index contributed by atoms with van der Waals surface area (Å²) in [6.45, 7) is 3.04. The third-order valence-electron chi connectivity index (χ3n) is 5.96. The molecule has 0 aromatic heterocycles. The van der Waals surface area contributed by atoms with Crippen molar-refractivity contribution in [3.63, 3.8) is 0 Å². The van der Waals surface area contributed by atoms with Crippen molar-refractivity contribution in [2.75, 3.05) is 26.3 Å². The molecule has 0 spiro atoms. The second kappa shape index (κ2) is 11.8. The van der Waals surface area contributed by atoms with Crippen molar-refractivity contribution in [2.45, 2.75) is 6.42 Å². The smallest absolute Gasteiger partial charge is 0.119 e. The van der Waals surface area contributed by atoms with Gasteiger partial charge in [-0.2, -0.15) is 10.2 Å². The molecular formula is C31H29N3O2. The Bertz CT molecular complexity index is 1360. The summed E-state index contributed by atoms with van der Waals surface area (Å²) in [6.07, 6.45) is 9.17. The van der Waals surface area contributed by atoms with E-state index in [1.54, 1.807) is 0 Å². The summed E-state index contributed by atoms with van der Waals surface area (Å²) in [4.78, 5) is 2.21. The van der Waals surface area contributed by atoms with E-state index in [4.69, 9.17) is 9.47 Å². The molecule has 0 aliphatic carbocycles. The Balaban J connectivity index is 1.06. The molecule has 0 amide bonds. The van der Waals surface area contributed by atoms with Gasteiger partial charge in [0.25, 0.3) is 0 Å². The third-order valence-corrected chi connectivity index (χ3v) is 5.96. The summed E-state index contributed by atoms with van der Waals surface area (Å²) in [6, 6.07) is 30.3. The van der Waals surface area contributed by atoms with Gasteiger partial charge in [-0.05, 0) is 77.1 Å². The minimum absolute atomic E-state index is 0.624. The first-order valence-electron chi connectivity index (χ1n) is 12.2. The Morgan fingerprint density at radius 2 is 1.33 bits per heavy atom. The molecule has 36 heavy (non-hydrogen) atoms. The van der Waals surface area contributed by atoms with Crippen molar-refractivity contribution in [2.24, 2.45) is 10.2 Å². The number of rotatable bonds is 10. The summed E-state index contributed by atoms with van der Waals surface area (Å²) in [5, 5.41) is 11.2. The van der Waals surface area contributed by atoms with Gasteiger partial charge in [0, 0.05) is 13.0 Å². The van der Waals surface area contributed by atoms with Crippen LogP contribution in [-0.2, 0) is 6.42 Å². The molecule has 0 saturated heterocycles. The van der Waals surface area contributed by atoms with Crippen LogP contribution >= 0.6 is 0 Å². The van der Waals surface area contributed by atoms with Crippen molar-refractivity contribution in [3.05, 3.63) is 121 Å². The highest BCUT2D eigenvalue weighted by molar-refractivity contribution is 5.83. The fourth-order valence-corrected chi connectivity index (χ4v) is 3.97. The van der Waals surface area contributed by atoms with E-state index in [2.05, 4.69) is 75.9 Å². The highest BCUT2D eigenvalue weighted by atomic mass is 16.5. The lowest BCUT2D eigenvalue weighted by Crippen LogP contribution is -2.24. The summed E-state index contributed by atoms with van der Waals surface area (Å²) < 4.78 is 11.8. The van der Waals surface area contributed by atoms with Crippen LogP contribution in [-0.4, -0.2) is 31.2 Å². The zero-order valence-electron chi connectivity index (χ0n) is 20.2. The molecule has 5 nitrogen and oxygen atoms in total. The van der Waals surface area contributed by atoms with Gasteiger partial charge in [-0.25, -0.2) is 0 Å². The summed E-state index contributed by atoms with van der Waals surface area (Å²) in [7, 11) is 0. The molecule has 1 heterocycles. The maximum Gasteiger partial charge on any atom is 0.119 e. The van der Waals surface area contributed by atoms with Gasteiger partial charge >= 0.3 is 0 Å². The van der Waals surface area contributed by atoms with Crippen LogP contribution in [0.3, 0.4) is 0 Å². The van der Waals surface area contributed by atoms with E-state index >= 15 is 0 Å². The van der Waals surface area contributed by atoms with Gasteiger partial charge < -0.3 is 14.4 Å². The number of nitrogens with zero attached hydrogens (tertiary/aromatic N) is 3. The largest absolute Gasteiger partial charge is 0.493 e. The Hall–Kier alpha value is -4.38. The van der Waals surface area contributed by atoms with Crippen LogP contribution in [0.5, 0.6) is 11.5 Å². The van der Waals surface area contributed by atoms with Gasteiger partial charge in [0.1, 0.15) is 18.1 Å². The van der Waals surface area contributed by atoms with Crippen LogP contribution in [0.1, 0.15) is 5.56 Å². The summed E-state index contributed by atoms with van der Waals surface area (Å²) in [5.74, 6) is 1.66. The van der Waals surface area contributed by atoms with E-state index in [0.29, 0.717) is 13.2 Å². The first-order chi connectivity index (χ1) is 17.8. The lowest BCUT2D eigenvalue weighted by Gasteiger charge is -2.20. The number of hydrogen-bond donors (Lipinski definition) is 0. The monoisotopic (exact) mass is 475 g/mol.